The highest BCUT2D eigenvalue weighted by molar-refractivity contribution is 5.94. The molecule has 0 N–H and O–H groups in total. The van der Waals surface area contributed by atoms with E-state index in [1.807, 2.05) is 32.1 Å². The fraction of sp³-hybridized carbons (Fsp3) is 0.400. The predicted molar refractivity (Wildman–Crippen MR) is 56.0 cm³/mol. The second-order valence-corrected chi connectivity index (χ2v) is 3.49. The van der Waals surface area contributed by atoms with Gasteiger partial charge in [0.05, 0.1) is 5.69 Å². The second-order valence-electron chi connectivity index (χ2n) is 3.49. The molecule has 1 rings (SSSR count). The second kappa shape index (κ2) is 4.16. The third-order valence-electron chi connectivity index (χ3n) is 2.24. The average Bonchev–Trinajstić information content (AvgIpc) is 2.42. The Labute approximate surface area is 88.2 Å². The van der Waals surface area contributed by atoms with Gasteiger partial charge >= 0.3 is 12.4 Å². The number of rotatable bonds is 3. The molecule has 0 spiro atoms. The minimum Gasteiger partial charge on any atom is -0.391 e. The van der Waals surface area contributed by atoms with Crippen LogP contribution in [0.3, 0.4) is 0 Å². The molecule has 0 aromatic carbocycles. The smallest absolute Gasteiger partial charge is 0.362 e. The van der Waals surface area contributed by atoms with Gasteiger partial charge in [0.1, 0.15) is 5.69 Å². The third-order valence-corrected chi connectivity index (χ3v) is 2.24. The van der Waals surface area contributed by atoms with Gasteiger partial charge in [0.15, 0.2) is 0 Å². The molecule has 0 saturated carbocycles. The first-order valence-electron chi connectivity index (χ1n) is 4.47. The Hall–Kier alpha value is -1.78. The van der Waals surface area contributed by atoms with E-state index < -0.39 is 5.97 Å². The first-order valence-corrected chi connectivity index (χ1v) is 4.47. The Kier molecular flexibility index (Phi) is 3.14. The normalized spacial score (nSPS) is 9.87. The van der Waals surface area contributed by atoms with E-state index in [0.717, 1.165) is 11.3 Å². The number of ether oxygens (including phenoxy) is 1. The van der Waals surface area contributed by atoms with Gasteiger partial charge in [-0.1, -0.05) is 0 Å². The zero-order valence-electron chi connectivity index (χ0n) is 9.27. The fourth-order valence-electron chi connectivity index (χ4n) is 1.58. The number of aromatic nitrogens is 1. The van der Waals surface area contributed by atoms with Crippen LogP contribution in [-0.4, -0.2) is 31.1 Å². The summed E-state index contributed by atoms with van der Waals surface area (Å²) in [5.41, 5.74) is 2.12. The summed E-state index contributed by atoms with van der Waals surface area (Å²) < 4.78 is 5.97. The highest BCUT2D eigenvalue weighted by Crippen LogP contribution is 2.23. The molecule has 0 fully saturated rings. The molecule has 0 saturated heterocycles. The first kappa shape index (κ1) is 11.3. The molecule has 1 aromatic heterocycles. The molecule has 0 radical (unpaired) electrons. The lowest BCUT2D eigenvalue weighted by atomic mass is 10.2. The topological polar surface area (TPSA) is 51.5 Å². The highest BCUT2D eigenvalue weighted by atomic mass is 16.6. The lowest BCUT2D eigenvalue weighted by Gasteiger charge is -2.10. The number of carbonyl (C=O) groups is 2. The van der Waals surface area contributed by atoms with Crippen LogP contribution in [0.2, 0.25) is 0 Å². The summed E-state index contributed by atoms with van der Waals surface area (Å²) in [7, 11) is 5.51. The largest absolute Gasteiger partial charge is 0.391 e. The highest BCUT2D eigenvalue weighted by Gasteiger charge is 2.19. The molecule has 0 aliphatic rings. The van der Waals surface area contributed by atoms with E-state index in [9.17, 15) is 9.59 Å². The summed E-state index contributed by atoms with van der Waals surface area (Å²) >= 11 is 0. The lowest BCUT2D eigenvalue weighted by molar-refractivity contribution is -0.123. The summed E-state index contributed by atoms with van der Waals surface area (Å²) in [6.45, 7) is 1.96. The van der Waals surface area contributed by atoms with Crippen molar-refractivity contribution in [3.63, 3.8) is 0 Å². The van der Waals surface area contributed by atoms with Gasteiger partial charge in [-0.3, -0.25) is 4.79 Å². The monoisotopic (exact) mass is 210 g/mol. The molecular weight excluding hydrogens is 196 g/mol. The maximum Gasteiger partial charge on any atom is 0.362 e. The standard InChI is InChI=1S/C10H14N2O3/c1-7-8(11(2)3)5-12(4)9(7)10(14)15-6-13/h5-6H,1-4H3. The number of hydrogen-bond acceptors (Lipinski definition) is 4. The Balaban J connectivity index is 3.18. The Bertz CT molecular complexity index is 394. The van der Waals surface area contributed by atoms with Crippen LogP contribution in [0.25, 0.3) is 0 Å². The zero-order chi connectivity index (χ0) is 11.6. The quantitative estimate of drug-likeness (QED) is 0.419. The van der Waals surface area contributed by atoms with Crippen LogP contribution in [0, 0.1) is 6.92 Å². The van der Waals surface area contributed by atoms with E-state index in [1.54, 1.807) is 11.6 Å². The molecule has 5 nitrogen and oxygen atoms in total. The van der Waals surface area contributed by atoms with Crippen LogP contribution < -0.4 is 4.90 Å². The number of esters is 1. The van der Waals surface area contributed by atoms with E-state index in [1.165, 1.54) is 0 Å². The van der Waals surface area contributed by atoms with Crippen molar-refractivity contribution in [3.05, 3.63) is 17.5 Å². The van der Waals surface area contributed by atoms with Crippen molar-refractivity contribution in [3.8, 4) is 0 Å². The van der Waals surface area contributed by atoms with Gasteiger partial charge < -0.3 is 14.2 Å². The number of aryl methyl sites for hydroxylation is 1. The van der Waals surface area contributed by atoms with Crippen molar-refractivity contribution in [2.45, 2.75) is 6.92 Å². The van der Waals surface area contributed by atoms with E-state index >= 15 is 0 Å². The Morgan fingerprint density at radius 2 is 2.13 bits per heavy atom. The Morgan fingerprint density at radius 1 is 1.53 bits per heavy atom. The van der Waals surface area contributed by atoms with E-state index in [4.69, 9.17) is 0 Å². The van der Waals surface area contributed by atoms with Crippen molar-refractivity contribution >= 4 is 18.1 Å². The summed E-state index contributed by atoms with van der Waals surface area (Å²) in [6, 6.07) is 0. The van der Waals surface area contributed by atoms with Crippen molar-refractivity contribution in [2.24, 2.45) is 7.05 Å². The van der Waals surface area contributed by atoms with Gasteiger partial charge in [0.2, 0.25) is 0 Å². The molecule has 0 unspecified atom stereocenters. The zero-order valence-corrected chi connectivity index (χ0v) is 9.27. The number of hydrogen-bond donors (Lipinski definition) is 0. The number of nitrogens with zero attached hydrogens (tertiary/aromatic N) is 2. The maximum absolute atomic E-state index is 11.4. The predicted octanol–water partition coefficient (Wildman–Crippen LogP) is 0.713. The van der Waals surface area contributed by atoms with Gasteiger partial charge in [-0.2, -0.15) is 0 Å². The lowest BCUT2D eigenvalue weighted by Crippen LogP contribution is -2.11. The number of carbonyl (C=O) groups excluding carboxylic acids is 2. The minimum absolute atomic E-state index is 0.143. The molecule has 1 aromatic rings. The third kappa shape index (κ3) is 2.01. The van der Waals surface area contributed by atoms with E-state index in [2.05, 4.69) is 4.74 Å². The molecule has 82 valence electrons. The number of anilines is 1. The van der Waals surface area contributed by atoms with Crippen LogP contribution in [-0.2, 0) is 16.6 Å². The average molecular weight is 210 g/mol. The minimum atomic E-state index is -0.627. The van der Waals surface area contributed by atoms with Gasteiger partial charge in [-0.15, -0.1) is 0 Å². The van der Waals surface area contributed by atoms with Crippen LogP contribution in [0.4, 0.5) is 5.69 Å². The van der Waals surface area contributed by atoms with Crippen molar-refractivity contribution < 1.29 is 14.3 Å². The fourth-order valence-corrected chi connectivity index (χ4v) is 1.58. The molecular formula is C10H14N2O3. The van der Waals surface area contributed by atoms with Crippen LogP contribution in [0.5, 0.6) is 0 Å². The first-order chi connectivity index (χ1) is 6.99. The Morgan fingerprint density at radius 3 is 2.53 bits per heavy atom. The van der Waals surface area contributed by atoms with Crippen molar-refractivity contribution in [2.75, 3.05) is 19.0 Å². The molecule has 0 amide bonds. The molecule has 0 aliphatic carbocycles. The van der Waals surface area contributed by atoms with Gasteiger partial charge in [-0.05, 0) is 6.92 Å². The maximum atomic E-state index is 11.4. The molecule has 0 bridgehead atoms. The van der Waals surface area contributed by atoms with Gasteiger partial charge in [-0.25, -0.2) is 4.79 Å². The van der Waals surface area contributed by atoms with Crippen molar-refractivity contribution in [1.29, 1.82) is 0 Å². The summed E-state index contributed by atoms with van der Waals surface area (Å²) in [5, 5.41) is 0. The van der Waals surface area contributed by atoms with Gasteiger partial charge in [0, 0.05) is 32.9 Å². The molecule has 1 heterocycles. The molecule has 0 aliphatic heterocycles. The van der Waals surface area contributed by atoms with Crippen LogP contribution in [0.1, 0.15) is 16.1 Å². The van der Waals surface area contributed by atoms with Crippen molar-refractivity contribution in [1.82, 2.24) is 4.57 Å². The summed E-state index contributed by atoms with van der Waals surface area (Å²) in [5.74, 6) is -0.627. The van der Waals surface area contributed by atoms with Crippen LogP contribution >= 0.6 is 0 Å². The SMILES string of the molecule is Cc1c(N(C)C)cn(C)c1C(=O)OC=O. The van der Waals surface area contributed by atoms with E-state index in [-0.39, 0.29) is 6.47 Å². The molecule has 5 heteroatoms. The van der Waals surface area contributed by atoms with Gasteiger partial charge in [0.25, 0.3) is 0 Å². The van der Waals surface area contributed by atoms with E-state index in [0.29, 0.717) is 5.69 Å². The summed E-state index contributed by atoms with van der Waals surface area (Å²) in [4.78, 5) is 23.4. The molecule has 0 atom stereocenters. The molecule has 15 heavy (non-hydrogen) atoms. The van der Waals surface area contributed by atoms with Crippen LogP contribution in [0.15, 0.2) is 6.20 Å². The summed E-state index contributed by atoms with van der Waals surface area (Å²) in [6.07, 6.45) is 1.82.